The van der Waals surface area contributed by atoms with Gasteiger partial charge in [0.1, 0.15) is 0 Å². The Bertz CT molecular complexity index is 752. The van der Waals surface area contributed by atoms with Gasteiger partial charge in [-0.3, -0.25) is 9.78 Å². The van der Waals surface area contributed by atoms with Gasteiger partial charge in [-0.1, -0.05) is 0 Å². The molecule has 2 bridgehead atoms. The maximum atomic E-state index is 12.5. The van der Waals surface area contributed by atoms with Crippen molar-refractivity contribution in [3.8, 4) is 11.3 Å². The number of nitrogen functional groups attached to an aromatic ring is 1. The van der Waals surface area contributed by atoms with Crippen LogP contribution in [0.5, 0.6) is 0 Å². The van der Waals surface area contributed by atoms with Gasteiger partial charge < -0.3 is 15.6 Å². The molecule has 21 heavy (non-hydrogen) atoms. The lowest BCUT2D eigenvalue weighted by atomic mass is 9.83. The van der Waals surface area contributed by atoms with E-state index in [9.17, 15) is 4.79 Å². The molecular formula is C16H18N4O. The van der Waals surface area contributed by atoms with Gasteiger partial charge in [0.15, 0.2) is 0 Å². The number of fused-ring (bicyclic) bond motifs is 4. The zero-order chi connectivity index (χ0) is 14.4. The number of nitrogens with zero attached hydrogens (tertiary/aromatic N) is 2. The number of rotatable bonds is 1. The van der Waals surface area contributed by atoms with Crippen LogP contribution in [0.25, 0.3) is 11.3 Å². The third-order valence-corrected chi connectivity index (χ3v) is 4.54. The molecule has 5 nitrogen and oxygen atoms in total. The minimum atomic E-state index is 0.0725. The van der Waals surface area contributed by atoms with Crippen molar-refractivity contribution in [1.82, 2.24) is 14.9 Å². The first-order chi connectivity index (χ1) is 10.2. The Kier molecular flexibility index (Phi) is 2.82. The Hall–Kier alpha value is -2.14. The largest absolute Gasteiger partial charge is 0.399 e. The summed E-state index contributed by atoms with van der Waals surface area (Å²) in [7, 11) is 0. The number of nitrogens with one attached hydrogen (secondary N) is 1. The molecule has 2 aliphatic rings. The topological polar surface area (TPSA) is 72.9 Å². The molecule has 0 aromatic carbocycles. The molecule has 2 aromatic heterocycles. The zero-order valence-corrected chi connectivity index (χ0v) is 11.7. The van der Waals surface area contributed by atoms with Crippen LogP contribution in [0.15, 0.2) is 35.3 Å². The molecule has 0 aliphatic carbocycles. The van der Waals surface area contributed by atoms with Gasteiger partial charge in [0, 0.05) is 48.2 Å². The number of aromatic nitrogens is 2. The normalized spacial score (nSPS) is 23.6. The van der Waals surface area contributed by atoms with E-state index in [1.165, 1.54) is 6.42 Å². The molecule has 1 fully saturated rings. The molecule has 0 saturated carbocycles. The molecule has 0 radical (unpaired) electrons. The Labute approximate surface area is 122 Å². The summed E-state index contributed by atoms with van der Waals surface area (Å²) >= 11 is 0. The van der Waals surface area contributed by atoms with Gasteiger partial charge in [0.05, 0.1) is 5.69 Å². The molecule has 0 amide bonds. The monoisotopic (exact) mass is 282 g/mol. The highest BCUT2D eigenvalue weighted by Crippen LogP contribution is 2.33. The summed E-state index contributed by atoms with van der Waals surface area (Å²) in [6.45, 7) is 2.78. The minimum absolute atomic E-state index is 0.0725. The van der Waals surface area contributed by atoms with Crippen LogP contribution in [-0.2, 0) is 6.54 Å². The molecule has 4 rings (SSSR count). The Balaban J connectivity index is 1.85. The fourth-order valence-corrected chi connectivity index (χ4v) is 3.56. The third-order valence-electron chi connectivity index (χ3n) is 4.54. The SMILES string of the molecule is Nc1ccnc(-c2cc3n(c(=O)c2)C[C@@H]2CNC[C@H]3C2)c1. The van der Waals surface area contributed by atoms with E-state index in [1.54, 1.807) is 18.3 Å². The van der Waals surface area contributed by atoms with Crippen molar-refractivity contribution in [2.75, 3.05) is 18.8 Å². The zero-order valence-electron chi connectivity index (χ0n) is 11.7. The molecule has 1 saturated heterocycles. The Morgan fingerprint density at radius 1 is 1.29 bits per heavy atom. The van der Waals surface area contributed by atoms with E-state index < -0.39 is 0 Å². The van der Waals surface area contributed by atoms with E-state index in [0.29, 0.717) is 17.5 Å². The van der Waals surface area contributed by atoms with Crippen LogP contribution in [0.3, 0.4) is 0 Å². The van der Waals surface area contributed by atoms with Crippen molar-refractivity contribution in [2.45, 2.75) is 18.9 Å². The van der Waals surface area contributed by atoms with E-state index in [0.717, 1.165) is 36.6 Å². The minimum Gasteiger partial charge on any atom is -0.399 e. The Morgan fingerprint density at radius 2 is 2.19 bits per heavy atom. The van der Waals surface area contributed by atoms with Crippen LogP contribution in [0.4, 0.5) is 5.69 Å². The first-order valence-corrected chi connectivity index (χ1v) is 7.38. The van der Waals surface area contributed by atoms with Crippen molar-refractivity contribution < 1.29 is 0 Å². The molecule has 3 N–H and O–H groups in total. The average Bonchev–Trinajstić information content (AvgIpc) is 2.48. The van der Waals surface area contributed by atoms with Gasteiger partial charge >= 0.3 is 0 Å². The summed E-state index contributed by atoms with van der Waals surface area (Å²) in [6, 6.07) is 7.36. The van der Waals surface area contributed by atoms with Crippen molar-refractivity contribution >= 4 is 5.69 Å². The van der Waals surface area contributed by atoms with E-state index in [-0.39, 0.29) is 5.56 Å². The number of nitrogens with two attached hydrogens (primary N) is 1. The number of hydrogen-bond donors (Lipinski definition) is 2. The lowest BCUT2D eigenvalue weighted by Gasteiger charge is -2.37. The summed E-state index contributed by atoms with van der Waals surface area (Å²) in [6.07, 6.45) is 2.85. The highest BCUT2D eigenvalue weighted by Gasteiger charge is 2.31. The molecule has 4 heterocycles. The van der Waals surface area contributed by atoms with Crippen molar-refractivity contribution in [3.05, 3.63) is 46.5 Å². The molecule has 0 spiro atoms. The van der Waals surface area contributed by atoms with Crippen LogP contribution < -0.4 is 16.6 Å². The van der Waals surface area contributed by atoms with Crippen molar-refractivity contribution in [3.63, 3.8) is 0 Å². The molecule has 2 atom stereocenters. The summed E-state index contributed by atoms with van der Waals surface area (Å²) in [4.78, 5) is 16.8. The van der Waals surface area contributed by atoms with Gasteiger partial charge in [0.25, 0.3) is 5.56 Å². The quantitative estimate of drug-likeness (QED) is 0.824. The molecule has 5 heteroatoms. The summed E-state index contributed by atoms with van der Waals surface area (Å²) in [5.74, 6) is 0.997. The van der Waals surface area contributed by atoms with Crippen LogP contribution >= 0.6 is 0 Å². The fraction of sp³-hybridized carbons (Fsp3) is 0.375. The number of hydrogen-bond acceptors (Lipinski definition) is 4. The second-order valence-corrected chi connectivity index (χ2v) is 6.05. The van der Waals surface area contributed by atoms with Crippen molar-refractivity contribution in [2.24, 2.45) is 5.92 Å². The van der Waals surface area contributed by atoms with E-state index in [2.05, 4.69) is 16.4 Å². The summed E-state index contributed by atoms with van der Waals surface area (Å²) < 4.78 is 1.94. The van der Waals surface area contributed by atoms with Crippen LogP contribution in [0.2, 0.25) is 0 Å². The highest BCUT2D eigenvalue weighted by atomic mass is 16.1. The lowest BCUT2D eigenvalue weighted by Crippen LogP contribution is -2.44. The molecule has 108 valence electrons. The summed E-state index contributed by atoms with van der Waals surface area (Å²) in [5.41, 5.74) is 9.31. The molecule has 2 aliphatic heterocycles. The predicted molar refractivity (Wildman–Crippen MR) is 82.1 cm³/mol. The van der Waals surface area contributed by atoms with E-state index >= 15 is 0 Å². The van der Waals surface area contributed by atoms with E-state index in [1.807, 2.05) is 10.6 Å². The van der Waals surface area contributed by atoms with Gasteiger partial charge in [-0.05, 0) is 37.1 Å². The fourth-order valence-electron chi connectivity index (χ4n) is 3.56. The first kappa shape index (κ1) is 12.6. The number of piperidine rings is 1. The standard InChI is InChI=1S/C16H18N4O/c17-13-1-2-19-14(6-13)11-4-15-12-3-10(7-18-8-12)9-20(15)16(21)5-11/h1-2,4-6,10,12,18H,3,7-9H2,(H2,17,19)/t10-,12+/m0/s1. The Morgan fingerprint density at radius 3 is 3.05 bits per heavy atom. The predicted octanol–water partition coefficient (Wildman–Crippen LogP) is 1.20. The maximum absolute atomic E-state index is 12.5. The van der Waals surface area contributed by atoms with Crippen LogP contribution in [-0.4, -0.2) is 22.6 Å². The smallest absolute Gasteiger partial charge is 0.251 e. The van der Waals surface area contributed by atoms with Gasteiger partial charge in [-0.25, -0.2) is 0 Å². The second-order valence-electron chi connectivity index (χ2n) is 6.05. The van der Waals surface area contributed by atoms with Gasteiger partial charge in [0.2, 0.25) is 0 Å². The van der Waals surface area contributed by atoms with Crippen LogP contribution in [0, 0.1) is 5.92 Å². The molecular weight excluding hydrogens is 264 g/mol. The third kappa shape index (κ3) is 2.14. The number of anilines is 1. The first-order valence-electron chi connectivity index (χ1n) is 7.38. The van der Waals surface area contributed by atoms with Crippen molar-refractivity contribution in [1.29, 1.82) is 0 Å². The second kappa shape index (κ2) is 4.70. The summed E-state index contributed by atoms with van der Waals surface area (Å²) in [5, 5.41) is 3.46. The number of pyridine rings is 2. The van der Waals surface area contributed by atoms with Crippen LogP contribution in [0.1, 0.15) is 18.0 Å². The highest BCUT2D eigenvalue weighted by molar-refractivity contribution is 5.63. The lowest BCUT2D eigenvalue weighted by molar-refractivity contribution is 0.257. The van der Waals surface area contributed by atoms with E-state index in [4.69, 9.17) is 5.73 Å². The maximum Gasteiger partial charge on any atom is 0.251 e. The average molecular weight is 282 g/mol. The molecule has 2 aromatic rings. The van der Waals surface area contributed by atoms with Gasteiger partial charge in [-0.2, -0.15) is 0 Å². The van der Waals surface area contributed by atoms with Gasteiger partial charge in [-0.15, -0.1) is 0 Å². The molecule has 0 unspecified atom stereocenters.